The lowest BCUT2D eigenvalue weighted by molar-refractivity contribution is -0.155. The van der Waals surface area contributed by atoms with Gasteiger partial charge >= 0.3 is 5.97 Å². The van der Waals surface area contributed by atoms with Crippen molar-refractivity contribution in [1.29, 1.82) is 0 Å². The standard InChI is InChI=1S/C21H22FNO6/c1-12-5-7-16(10-17(12)22)23-21(26)14(3)29-20(25)11-28-18-8-6-15(13(2)24)9-19(18)27-4/h5-10,14H,11H2,1-4H3,(H,23,26)/t14-/m1/s1. The molecule has 0 bridgehead atoms. The summed E-state index contributed by atoms with van der Waals surface area (Å²) in [4.78, 5) is 35.5. The van der Waals surface area contributed by atoms with Crippen molar-refractivity contribution < 1.29 is 33.0 Å². The summed E-state index contributed by atoms with van der Waals surface area (Å²) in [6, 6.07) is 8.81. The van der Waals surface area contributed by atoms with Crippen LogP contribution in [0.25, 0.3) is 0 Å². The van der Waals surface area contributed by atoms with E-state index in [0.29, 0.717) is 11.1 Å². The van der Waals surface area contributed by atoms with E-state index in [0.717, 1.165) is 0 Å². The average Bonchev–Trinajstić information content (AvgIpc) is 2.68. The number of methoxy groups -OCH3 is 1. The molecule has 0 aliphatic heterocycles. The molecule has 0 saturated heterocycles. The first-order valence-corrected chi connectivity index (χ1v) is 8.79. The monoisotopic (exact) mass is 403 g/mol. The highest BCUT2D eigenvalue weighted by Gasteiger charge is 2.19. The third-order valence-electron chi connectivity index (χ3n) is 4.03. The van der Waals surface area contributed by atoms with E-state index in [1.54, 1.807) is 19.1 Å². The number of hydrogen-bond donors (Lipinski definition) is 1. The topological polar surface area (TPSA) is 90.9 Å². The number of Topliss-reactive ketones (excluding diaryl/α,β-unsaturated/α-hetero) is 1. The number of ether oxygens (including phenoxy) is 3. The molecule has 7 nitrogen and oxygen atoms in total. The fourth-order valence-electron chi connectivity index (χ4n) is 2.34. The summed E-state index contributed by atoms with van der Waals surface area (Å²) in [5, 5.41) is 2.48. The third-order valence-corrected chi connectivity index (χ3v) is 4.03. The second kappa shape index (κ2) is 9.68. The van der Waals surface area contributed by atoms with Crippen molar-refractivity contribution >= 4 is 23.3 Å². The minimum atomic E-state index is -1.11. The van der Waals surface area contributed by atoms with Gasteiger partial charge in [-0.1, -0.05) is 6.07 Å². The normalized spacial score (nSPS) is 11.3. The van der Waals surface area contributed by atoms with Crippen LogP contribution in [0.15, 0.2) is 36.4 Å². The van der Waals surface area contributed by atoms with E-state index in [-0.39, 0.29) is 23.0 Å². The summed E-state index contributed by atoms with van der Waals surface area (Å²) in [5.74, 6) is -1.43. The molecule has 0 aliphatic rings. The second-order valence-corrected chi connectivity index (χ2v) is 6.30. The molecule has 1 amide bonds. The third kappa shape index (κ3) is 6.03. The second-order valence-electron chi connectivity index (χ2n) is 6.30. The maximum absolute atomic E-state index is 13.6. The summed E-state index contributed by atoms with van der Waals surface area (Å²) in [6.07, 6.45) is -1.11. The molecule has 0 fully saturated rings. The maximum atomic E-state index is 13.6. The number of benzene rings is 2. The summed E-state index contributed by atoms with van der Waals surface area (Å²) in [7, 11) is 1.41. The molecule has 0 saturated carbocycles. The first-order valence-electron chi connectivity index (χ1n) is 8.79. The zero-order chi connectivity index (χ0) is 21.6. The van der Waals surface area contributed by atoms with Crippen LogP contribution in [0.4, 0.5) is 10.1 Å². The molecule has 1 atom stereocenters. The number of ketones is 1. The Hall–Kier alpha value is -3.42. The Morgan fingerprint density at radius 2 is 1.83 bits per heavy atom. The highest BCUT2D eigenvalue weighted by molar-refractivity contribution is 5.95. The molecule has 1 N–H and O–H groups in total. The van der Waals surface area contributed by atoms with Crippen LogP contribution in [0, 0.1) is 12.7 Å². The van der Waals surface area contributed by atoms with Crippen molar-refractivity contribution in [2.45, 2.75) is 26.9 Å². The van der Waals surface area contributed by atoms with E-state index in [1.165, 1.54) is 45.2 Å². The zero-order valence-electron chi connectivity index (χ0n) is 16.6. The van der Waals surface area contributed by atoms with Crippen molar-refractivity contribution in [3.05, 3.63) is 53.3 Å². The smallest absolute Gasteiger partial charge is 0.344 e. The average molecular weight is 403 g/mol. The van der Waals surface area contributed by atoms with Gasteiger partial charge in [-0.05, 0) is 56.7 Å². The van der Waals surface area contributed by atoms with E-state index >= 15 is 0 Å². The number of anilines is 1. The van der Waals surface area contributed by atoms with Gasteiger partial charge in [0, 0.05) is 11.3 Å². The zero-order valence-corrected chi connectivity index (χ0v) is 16.6. The molecular weight excluding hydrogens is 381 g/mol. The summed E-state index contributed by atoms with van der Waals surface area (Å²) in [5.41, 5.74) is 1.15. The molecule has 0 radical (unpaired) electrons. The largest absolute Gasteiger partial charge is 0.493 e. The lowest BCUT2D eigenvalue weighted by Gasteiger charge is -2.15. The molecule has 2 aromatic carbocycles. The van der Waals surface area contributed by atoms with Gasteiger partial charge in [-0.2, -0.15) is 0 Å². The predicted molar refractivity (Wildman–Crippen MR) is 104 cm³/mol. The van der Waals surface area contributed by atoms with Crippen molar-refractivity contribution in [3.8, 4) is 11.5 Å². The van der Waals surface area contributed by atoms with E-state index < -0.39 is 30.4 Å². The Bertz CT molecular complexity index is 927. The lowest BCUT2D eigenvalue weighted by Crippen LogP contribution is -2.31. The number of carbonyl (C=O) groups excluding carboxylic acids is 3. The van der Waals surface area contributed by atoms with E-state index in [1.807, 2.05) is 0 Å². The number of esters is 1. The van der Waals surface area contributed by atoms with Gasteiger partial charge in [0.1, 0.15) is 5.82 Å². The van der Waals surface area contributed by atoms with Crippen LogP contribution < -0.4 is 14.8 Å². The highest BCUT2D eigenvalue weighted by Crippen LogP contribution is 2.28. The number of carbonyl (C=O) groups is 3. The Morgan fingerprint density at radius 3 is 2.45 bits per heavy atom. The molecule has 0 spiro atoms. The fourth-order valence-corrected chi connectivity index (χ4v) is 2.34. The molecular formula is C21H22FNO6. The maximum Gasteiger partial charge on any atom is 0.344 e. The van der Waals surface area contributed by atoms with E-state index in [4.69, 9.17) is 14.2 Å². The van der Waals surface area contributed by atoms with Crippen LogP contribution in [0.2, 0.25) is 0 Å². The van der Waals surface area contributed by atoms with Gasteiger partial charge in [0.15, 0.2) is 30.0 Å². The molecule has 154 valence electrons. The van der Waals surface area contributed by atoms with Gasteiger partial charge in [0.2, 0.25) is 0 Å². The lowest BCUT2D eigenvalue weighted by atomic mass is 10.1. The number of aryl methyl sites for hydroxylation is 1. The van der Waals surface area contributed by atoms with Gasteiger partial charge in [-0.3, -0.25) is 9.59 Å². The quantitative estimate of drug-likeness (QED) is 0.537. The molecule has 29 heavy (non-hydrogen) atoms. The highest BCUT2D eigenvalue weighted by atomic mass is 19.1. The SMILES string of the molecule is COc1cc(C(C)=O)ccc1OCC(=O)O[C@H](C)C(=O)Nc1ccc(C)c(F)c1. The first kappa shape index (κ1) is 21.9. The number of hydrogen-bond acceptors (Lipinski definition) is 6. The number of rotatable bonds is 8. The molecule has 2 rings (SSSR count). The van der Waals surface area contributed by atoms with Crippen LogP contribution in [-0.4, -0.2) is 37.5 Å². The van der Waals surface area contributed by atoms with Crippen LogP contribution in [0.1, 0.15) is 29.8 Å². The van der Waals surface area contributed by atoms with E-state index in [9.17, 15) is 18.8 Å². The molecule has 0 aromatic heterocycles. The van der Waals surface area contributed by atoms with Crippen molar-refractivity contribution in [2.75, 3.05) is 19.0 Å². The minimum Gasteiger partial charge on any atom is -0.493 e. The summed E-state index contributed by atoms with van der Waals surface area (Å²) < 4.78 is 29.1. The Labute approximate surface area is 167 Å². The summed E-state index contributed by atoms with van der Waals surface area (Å²) in [6.45, 7) is 3.95. The Morgan fingerprint density at radius 1 is 1.10 bits per heavy atom. The van der Waals surface area contributed by atoms with Gasteiger partial charge < -0.3 is 19.5 Å². The molecule has 0 heterocycles. The first-order chi connectivity index (χ1) is 13.7. The molecule has 8 heteroatoms. The van der Waals surface area contributed by atoms with Crippen LogP contribution >= 0.6 is 0 Å². The number of nitrogens with one attached hydrogen (secondary N) is 1. The van der Waals surface area contributed by atoms with Crippen molar-refractivity contribution in [2.24, 2.45) is 0 Å². The van der Waals surface area contributed by atoms with Gasteiger partial charge in [0.05, 0.1) is 7.11 Å². The van der Waals surface area contributed by atoms with Crippen LogP contribution in [-0.2, 0) is 14.3 Å². The Balaban J connectivity index is 1.90. The number of halogens is 1. The van der Waals surface area contributed by atoms with E-state index in [2.05, 4.69) is 5.32 Å². The minimum absolute atomic E-state index is 0.137. The predicted octanol–water partition coefficient (Wildman–Crippen LogP) is 3.29. The molecule has 2 aromatic rings. The Kier molecular flexibility index (Phi) is 7.30. The number of amides is 1. The molecule has 0 aliphatic carbocycles. The van der Waals surface area contributed by atoms with Gasteiger partial charge in [0.25, 0.3) is 5.91 Å². The van der Waals surface area contributed by atoms with Gasteiger partial charge in [-0.15, -0.1) is 0 Å². The van der Waals surface area contributed by atoms with Crippen molar-refractivity contribution in [1.82, 2.24) is 0 Å². The summed E-state index contributed by atoms with van der Waals surface area (Å²) >= 11 is 0. The van der Waals surface area contributed by atoms with Crippen molar-refractivity contribution in [3.63, 3.8) is 0 Å². The molecule has 0 unspecified atom stereocenters. The fraction of sp³-hybridized carbons (Fsp3) is 0.286. The van der Waals surface area contributed by atoms with Crippen LogP contribution in [0.5, 0.6) is 11.5 Å². The van der Waals surface area contributed by atoms with Gasteiger partial charge in [-0.25, -0.2) is 9.18 Å². The van der Waals surface area contributed by atoms with Crippen LogP contribution in [0.3, 0.4) is 0 Å².